The van der Waals surface area contributed by atoms with Crippen LogP contribution in [-0.2, 0) is 4.74 Å². The summed E-state index contributed by atoms with van der Waals surface area (Å²) in [5, 5.41) is 0. The Kier molecular flexibility index (Phi) is 7.96. The van der Waals surface area contributed by atoms with Gasteiger partial charge in [-0.05, 0) is 20.5 Å². The third-order valence-electron chi connectivity index (χ3n) is 1.49. The SMILES string of the molecule is CCCCCCOCN(C)C. The molecule has 0 rings (SSSR count). The van der Waals surface area contributed by atoms with E-state index >= 15 is 0 Å². The van der Waals surface area contributed by atoms with Gasteiger partial charge in [-0.2, -0.15) is 0 Å². The summed E-state index contributed by atoms with van der Waals surface area (Å²) in [6.07, 6.45) is 5.16. The molecule has 0 heterocycles. The van der Waals surface area contributed by atoms with Crippen molar-refractivity contribution in [1.82, 2.24) is 4.90 Å². The molecule has 0 spiro atoms. The number of rotatable bonds is 7. The second-order valence-corrected chi connectivity index (χ2v) is 3.18. The average Bonchev–Trinajstić information content (AvgIpc) is 1.96. The maximum absolute atomic E-state index is 5.37. The summed E-state index contributed by atoms with van der Waals surface area (Å²) in [4.78, 5) is 2.04. The third-order valence-corrected chi connectivity index (χ3v) is 1.49. The lowest BCUT2D eigenvalue weighted by atomic mass is 10.2. The Morgan fingerprint density at radius 1 is 1.09 bits per heavy atom. The molecule has 0 aromatic rings. The molecule has 0 unspecified atom stereocenters. The van der Waals surface area contributed by atoms with Crippen LogP contribution in [0.25, 0.3) is 0 Å². The molecule has 0 saturated heterocycles. The van der Waals surface area contributed by atoms with Crippen molar-refractivity contribution in [3.05, 3.63) is 0 Å². The van der Waals surface area contributed by atoms with Gasteiger partial charge in [0.05, 0.1) is 6.73 Å². The Balaban J connectivity index is 2.80. The van der Waals surface area contributed by atoms with Gasteiger partial charge in [0.2, 0.25) is 0 Å². The van der Waals surface area contributed by atoms with Crippen LogP contribution in [-0.4, -0.2) is 32.3 Å². The second-order valence-electron chi connectivity index (χ2n) is 3.18. The third kappa shape index (κ3) is 9.92. The minimum atomic E-state index is 0.756. The van der Waals surface area contributed by atoms with Gasteiger partial charge >= 0.3 is 0 Å². The van der Waals surface area contributed by atoms with E-state index in [0.717, 1.165) is 13.3 Å². The Hall–Kier alpha value is -0.0800. The molecular formula is C9H21NO. The van der Waals surface area contributed by atoms with E-state index in [4.69, 9.17) is 4.74 Å². The van der Waals surface area contributed by atoms with E-state index in [-0.39, 0.29) is 0 Å². The van der Waals surface area contributed by atoms with Gasteiger partial charge in [0, 0.05) is 6.61 Å². The van der Waals surface area contributed by atoms with Crippen molar-refractivity contribution in [3.8, 4) is 0 Å². The van der Waals surface area contributed by atoms with E-state index < -0.39 is 0 Å². The van der Waals surface area contributed by atoms with Gasteiger partial charge in [-0.3, -0.25) is 4.90 Å². The zero-order chi connectivity index (χ0) is 8.53. The topological polar surface area (TPSA) is 12.5 Å². The van der Waals surface area contributed by atoms with Crippen LogP contribution in [0.1, 0.15) is 32.6 Å². The van der Waals surface area contributed by atoms with Crippen LogP contribution in [0.4, 0.5) is 0 Å². The quantitative estimate of drug-likeness (QED) is 0.416. The molecule has 2 heteroatoms. The van der Waals surface area contributed by atoms with Crippen LogP contribution in [0.2, 0.25) is 0 Å². The normalized spacial score (nSPS) is 10.9. The molecule has 0 atom stereocenters. The number of ether oxygens (including phenoxy) is 1. The fourth-order valence-electron chi connectivity index (χ4n) is 0.878. The molecule has 0 aromatic heterocycles. The summed E-state index contributed by atoms with van der Waals surface area (Å²) in [5.74, 6) is 0. The maximum atomic E-state index is 5.37. The zero-order valence-electron chi connectivity index (χ0n) is 8.10. The van der Waals surface area contributed by atoms with Gasteiger partial charge in [-0.15, -0.1) is 0 Å². The van der Waals surface area contributed by atoms with Crippen LogP contribution in [0.3, 0.4) is 0 Å². The highest BCUT2D eigenvalue weighted by Crippen LogP contribution is 1.98. The van der Waals surface area contributed by atoms with Gasteiger partial charge < -0.3 is 4.74 Å². The first-order chi connectivity index (χ1) is 5.27. The summed E-state index contributed by atoms with van der Waals surface area (Å²) in [6, 6.07) is 0. The summed E-state index contributed by atoms with van der Waals surface area (Å²) in [5.41, 5.74) is 0. The second kappa shape index (κ2) is 8.02. The fraction of sp³-hybridized carbons (Fsp3) is 1.00. The maximum Gasteiger partial charge on any atom is 0.0985 e. The van der Waals surface area contributed by atoms with Crippen molar-refractivity contribution in [2.45, 2.75) is 32.6 Å². The van der Waals surface area contributed by atoms with Crippen molar-refractivity contribution >= 4 is 0 Å². The largest absolute Gasteiger partial charge is 0.366 e. The summed E-state index contributed by atoms with van der Waals surface area (Å²) >= 11 is 0. The van der Waals surface area contributed by atoms with Gasteiger partial charge in [0.1, 0.15) is 0 Å². The highest BCUT2D eigenvalue weighted by Gasteiger charge is 1.90. The van der Waals surface area contributed by atoms with E-state index in [1.54, 1.807) is 0 Å². The lowest BCUT2D eigenvalue weighted by Crippen LogP contribution is -2.16. The first-order valence-corrected chi connectivity index (χ1v) is 4.50. The van der Waals surface area contributed by atoms with Gasteiger partial charge in [-0.25, -0.2) is 0 Å². The smallest absolute Gasteiger partial charge is 0.0985 e. The standard InChI is InChI=1S/C9H21NO/c1-4-5-6-7-8-11-9-10(2)3/h4-9H2,1-3H3. The Labute approximate surface area is 70.5 Å². The highest BCUT2D eigenvalue weighted by molar-refractivity contribution is 4.38. The molecular weight excluding hydrogens is 138 g/mol. The molecule has 68 valence electrons. The van der Waals surface area contributed by atoms with Crippen LogP contribution in [0, 0.1) is 0 Å². The average molecular weight is 159 g/mol. The zero-order valence-corrected chi connectivity index (χ0v) is 8.10. The molecule has 0 aromatic carbocycles. The van der Waals surface area contributed by atoms with Crippen LogP contribution < -0.4 is 0 Å². The Morgan fingerprint density at radius 3 is 2.36 bits per heavy atom. The van der Waals surface area contributed by atoms with Crippen molar-refractivity contribution in [3.63, 3.8) is 0 Å². The van der Waals surface area contributed by atoms with Crippen LogP contribution in [0.5, 0.6) is 0 Å². The van der Waals surface area contributed by atoms with E-state index in [2.05, 4.69) is 6.92 Å². The molecule has 0 fully saturated rings. The number of unbranched alkanes of at least 4 members (excludes halogenated alkanes) is 3. The van der Waals surface area contributed by atoms with E-state index in [9.17, 15) is 0 Å². The predicted octanol–water partition coefficient (Wildman–Crippen LogP) is 2.10. The predicted molar refractivity (Wildman–Crippen MR) is 48.6 cm³/mol. The molecule has 0 radical (unpaired) electrons. The van der Waals surface area contributed by atoms with E-state index in [1.165, 1.54) is 25.7 Å². The van der Waals surface area contributed by atoms with Gasteiger partial charge in [0.15, 0.2) is 0 Å². The van der Waals surface area contributed by atoms with Crippen molar-refractivity contribution in [1.29, 1.82) is 0 Å². The summed E-state index contributed by atoms with van der Waals surface area (Å²) in [7, 11) is 4.04. The lowest BCUT2D eigenvalue weighted by molar-refractivity contribution is 0.0539. The molecule has 0 aliphatic rings. The minimum absolute atomic E-state index is 0.756. The lowest BCUT2D eigenvalue weighted by Gasteiger charge is -2.09. The first-order valence-electron chi connectivity index (χ1n) is 4.50. The number of hydrogen-bond donors (Lipinski definition) is 0. The molecule has 0 amide bonds. The molecule has 0 aliphatic carbocycles. The van der Waals surface area contributed by atoms with Crippen LogP contribution in [0.15, 0.2) is 0 Å². The van der Waals surface area contributed by atoms with Crippen molar-refractivity contribution in [2.75, 3.05) is 27.4 Å². The van der Waals surface area contributed by atoms with Gasteiger partial charge in [0.25, 0.3) is 0 Å². The van der Waals surface area contributed by atoms with Crippen LogP contribution >= 0.6 is 0 Å². The molecule has 2 nitrogen and oxygen atoms in total. The molecule has 0 N–H and O–H groups in total. The highest BCUT2D eigenvalue weighted by atomic mass is 16.5. The molecule has 0 saturated carbocycles. The first kappa shape index (κ1) is 10.9. The van der Waals surface area contributed by atoms with E-state index in [0.29, 0.717) is 0 Å². The van der Waals surface area contributed by atoms with Gasteiger partial charge in [-0.1, -0.05) is 26.2 Å². The molecule has 0 aliphatic heterocycles. The Bertz CT molecular complexity index is 74.0. The monoisotopic (exact) mass is 159 g/mol. The Morgan fingerprint density at radius 2 is 1.82 bits per heavy atom. The summed E-state index contributed by atoms with van der Waals surface area (Å²) in [6.45, 7) is 3.89. The fourth-order valence-corrected chi connectivity index (χ4v) is 0.878. The number of hydrogen-bond acceptors (Lipinski definition) is 2. The van der Waals surface area contributed by atoms with Crippen molar-refractivity contribution in [2.24, 2.45) is 0 Å². The molecule has 0 bridgehead atoms. The number of nitrogens with zero attached hydrogens (tertiary/aromatic N) is 1. The minimum Gasteiger partial charge on any atom is -0.366 e. The summed E-state index contributed by atoms with van der Waals surface area (Å²) < 4.78 is 5.37. The molecule has 11 heavy (non-hydrogen) atoms. The van der Waals surface area contributed by atoms with E-state index in [1.807, 2.05) is 19.0 Å². The van der Waals surface area contributed by atoms with Crippen molar-refractivity contribution < 1.29 is 4.74 Å².